The first-order chi connectivity index (χ1) is 12.4. The van der Waals surface area contributed by atoms with Gasteiger partial charge >= 0.3 is 5.97 Å². The van der Waals surface area contributed by atoms with Crippen LogP contribution >= 0.6 is 11.6 Å². The number of fused-ring (bicyclic) bond motifs is 2. The number of nitrogens with zero attached hydrogens (tertiary/aromatic N) is 1. The molecule has 1 fully saturated rings. The number of ether oxygens (including phenoxy) is 2. The van der Waals surface area contributed by atoms with Gasteiger partial charge in [-0.25, -0.2) is 4.79 Å². The number of esters is 1. The number of hydrogen-bond acceptors (Lipinski definition) is 7. The number of benzene rings is 1. The van der Waals surface area contributed by atoms with Crippen molar-refractivity contribution in [1.29, 1.82) is 0 Å². The van der Waals surface area contributed by atoms with Gasteiger partial charge in [-0.05, 0) is 18.6 Å². The van der Waals surface area contributed by atoms with E-state index in [2.05, 4.69) is 5.16 Å². The van der Waals surface area contributed by atoms with Gasteiger partial charge in [0.05, 0.1) is 16.8 Å². The minimum absolute atomic E-state index is 0.0483. The van der Waals surface area contributed by atoms with Gasteiger partial charge in [0.2, 0.25) is 0 Å². The Balaban J connectivity index is 2.05. The van der Waals surface area contributed by atoms with Gasteiger partial charge in [0.25, 0.3) is 0 Å². The highest BCUT2D eigenvalue weighted by Gasteiger charge is 2.38. The number of phenolic OH excluding ortho intramolecular Hbond substituents is 2. The van der Waals surface area contributed by atoms with Gasteiger partial charge in [-0.15, -0.1) is 0 Å². The van der Waals surface area contributed by atoms with Crippen molar-refractivity contribution in [3.63, 3.8) is 0 Å². The molecule has 1 aromatic carbocycles. The molecular formula is C18H18ClNO6. The molecule has 138 valence electrons. The number of aromatic hydroxyl groups is 2. The number of cyclic esters (lactones) is 1. The van der Waals surface area contributed by atoms with Crippen LogP contribution < -0.4 is 0 Å². The number of phenols is 2. The molecule has 7 nitrogen and oxygen atoms in total. The van der Waals surface area contributed by atoms with Gasteiger partial charge in [0, 0.05) is 18.9 Å². The Kier molecular flexibility index (Phi) is 5.20. The lowest BCUT2D eigenvalue weighted by Gasteiger charge is -2.17. The molecule has 3 rings (SSSR count). The number of carbonyl (C=O) groups is 1. The SMILES string of the molecule is C[C@@H]1C[C@H]2O[C@H]2/C=C/C=C/C(=NO)Cc2c(Cl)c(O)cc(O)c2C(=O)O1. The summed E-state index contributed by atoms with van der Waals surface area (Å²) in [7, 11) is 0. The molecule has 8 heteroatoms. The quantitative estimate of drug-likeness (QED) is 0.276. The number of rotatable bonds is 0. The molecule has 2 heterocycles. The lowest BCUT2D eigenvalue weighted by atomic mass is 9.99. The van der Waals surface area contributed by atoms with E-state index in [4.69, 9.17) is 21.1 Å². The second-order valence-corrected chi connectivity index (χ2v) is 6.56. The zero-order chi connectivity index (χ0) is 18.8. The summed E-state index contributed by atoms with van der Waals surface area (Å²) in [5.74, 6) is -1.63. The first-order valence-electron chi connectivity index (χ1n) is 8.06. The highest BCUT2D eigenvalue weighted by Crippen LogP contribution is 2.37. The molecule has 0 radical (unpaired) electrons. The molecule has 2 aliphatic rings. The average Bonchev–Trinajstić information content (AvgIpc) is 3.31. The first-order valence-corrected chi connectivity index (χ1v) is 8.44. The molecule has 26 heavy (non-hydrogen) atoms. The standard InChI is InChI=1S/C18H18ClNO6/c1-9-6-15-14(26-15)5-3-2-4-10(20-24)7-11-16(18(23)25-9)12(21)8-13(22)17(11)19/h2-5,8-9,14-15,21-22,24H,6-7H2,1H3/b4-2+,5-3+,20-10?/t9-,14+,15-/m1/s1. The molecule has 0 aromatic heterocycles. The maximum absolute atomic E-state index is 12.6. The maximum atomic E-state index is 12.6. The molecule has 0 saturated carbocycles. The van der Waals surface area contributed by atoms with E-state index in [1.54, 1.807) is 19.1 Å². The van der Waals surface area contributed by atoms with Crippen molar-refractivity contribution in [2.24, 2.45) is 5.16 Å². The summed E-state index contributed by atoms with van der Waals surface area (Å²) in [6, 6.07) is 0.977. The molecule has 2 aliphatic heterocycles. The van der Waals surface area contributed by atoms with Crippen molar-refractivity contribution in [2.75, 3.05) is 0 Å². The summed E-state index contributed by atoms with van der Waals surface area (Å²) in [5, 5.41) is 32.3. The normalized spacial score (nSPS) is 29.8. The average molecular weight is 380 g/mol. The van der Waals surface area contributed by atoms with Crippen molar-refractivity contribution in [3.8, 4) is 11.5 Å². The van der Waals surface area contributed by atoms with Crippen LogP contribution in [0.4, 0.5) is 0 Å². The topological polar surface area (TPSA) is 112 Å². The molecule has 1 saturated heterocycles. The summed E-state index contributed by atoms with van der Waals surface area (Å²) >= 11 is 6.12. The van der Waals surface area contributed by atoms with E-state index in [0.29, 0.717) is 6.42 Å². The van der Waals surface area contributed by atoms with Crippen LogP contribution in [0.2, 0.25) is 5.02 Å². The predicted molar refractivity (Wildman–Crippen MR) is 94.1 cm³/mol. The van der Waals surface area contributed by atoms with Gasteiger partial charge in [0.1, 0.15) is 29.3 Å². The summed E-state index contributed by atoms with van der Waals surface area (Å²) < 4.78 is 10.9. The lowest BCUT2D eigenvalue weighted by molar-refractivity contribution is 0.0306. The Bertz CT molecular complexity index is 816. The fraction of sp³-hybridized carbons (Fsp3) is 0.333. The number of carbonyl (C=O) groups excluding carboxylic acids is 1. The van der Waals surface area contributed by atoms with Crippen LogP contribution in [0.15, 0.2) is 35.5 Å². The molecule has 3 atom stereocenters. The van der Waals surface area contributed by atoms with E-state index in [-0.39, 0.29) is 46.2 Å². The van der Waals surface area contributed by atoms with Crippen molar-refractivity contribution in [1.82, 2.24) is 0 Å². The Labute approximate surface area is 154 Å². The molecule has 1 aromatic rings. The molecule has 0 unspecified atom stereocenters. The zero-order valence-corrected chi connectivity index (χ0v) is 14.7. The van der Waals surface area contributed by atoms with E-state index < -0.39 is 17.8 Å². The van der Waals surface area contributed by atoms with Gasteiger partial charge in [-0.2, -0.15) is 0 Å². The number of allylic oxidation sites excluding steroid dienone is 3. The number of halogens is 1. The third kappa shape index (κ3) is 3.84. The maximum Gasteiger partial charge on any atom is 0.342 e. The van der Waals surface area contributed by atoms with E-state index >= 15 is 0 Å². The van der Waals surface area contributed by atoms with Gasteiger partial charge in [-0.3, -0.25) is 0 Å². The van der Waals surface area contributed by atoms with E-state index in [1.165, 1.54) is 6.08 Å². The Morgan fingerprint density at radius 2 is 2.04 bits per heavy atom. The van der Waals surface area contributed by atoms with Crippen molar-refractivity contribution >= 4 is 23.3 Å². The van der Waals surface area contributed by atoms with Crippen LogP contribution in [-0.2, 0) is 15.9 Å². The Hall–Kier alpha value is -2.51. The summed E-state index contributed by atoms with van der Waals surface area (Å²) in [5.41, 5.74) is 0.115. The zero-order valence-electron chi connectivity index (χ0n) is 13.9. The molecule has 0 amide bonds. The van der Waals surface area contributed by atoms with Crippen LogP contribution in [0.1, 0.15) is 29.3 Å². The van der Waals surface area contributed by atoms with Gasteiger partial charge in [-0.1, -0.05) is 35.0 Å². The van der Waals surface area contributed by atoms with Crippen LogP contribution in [0.5, 0.6) is 11.5 Å². The van der Waals surface area contributed by atoms with E-state index in [0.717, 1.165) is 6.07 Å². The Morgan fingerprint density at radius 3 is 2.77 bits per heavy atom. The summed E-state index contributed by atoms with van der Waals surface area (Å²) in [6.07, 6.45) is 6.68. The number of epoxide rings is 1. The fourth-order valence-corrected chi connectivity index (χ4v) is 3.07. The summed E-state index contributed by atoms with van der Waals surface area (Å²) in [4.78, 5) is 12.6. The highest BCUT2D eigenvalue weighted by atomic mass is 35.5. The smallest absolute Gasteiger partial charge is 0.342 e. The van der Waals surface area contributed by atoms with E-state index in [1.807, 2.05) is 6.08 Å². The fourth-order valence-electron chi connectivity index (χ4n) is 2.86. The van der Waals surface area contributed by atoms with E-state index in [9.17, 15) is 20.2 Å². The Morgan fingerprint density at radius 1 is 1.27 bits per heavy atom. The highest BCUT2D eigenvalue weighted by molar-refractivity contribution is 6.33. The third-order valence-electron chi connectivity index (χ3n) is 4.21. The molecule has 0 bridgehead atoms. The van der Waals surface area contributed by atoms with Crippen molar-refractivity contribution in [2.45, 2.75) is 38.1 Å². The van der Waals surface area contributed by atoms with Crippen LogP contribution in [-0.4, -0.2) is 45.4 Å². The van der Waals surface area contributed by atoms with Crippen LogP contribution in [0.25, 0.3) is 0 Å². The second kappa shape index (κ2) is 7.39. The second-order valence-electron chi connectivity index (χ2n) is 6.19. The molecule has 3 N–H and O–H groups in total. The van der Waals surface area contributed by atoms with Gasteiger partial charge in [0.15, 0.2) is 0 Å². The number of hydrogen-bond donors (Lipinski definition) is 3. The van der Waals surface area contributed by atoms with Crippen molar-refractivity contribution in [3.05, 3.63) is 46.5 Å². The van der Waals surface area contributed by atoms with Gasteiger partial charge < -0.3 is 24.9 Å². The monoisotopic (exact) mass is 379 g/mol. The molecule has 0 spiro atoms. The van der Waals surface area contributed by atoms with Crippen LogP contribution in [0, 0.1) is 0 Å². The largest absolute Gasteiger partial charge is 0.507 e. The molecular weight excluding hydrogens is 362 g/mol. The lowest BCUT2D eigenvalue weighted by Crippen LogP contribution is -2.19. The number of oxime groups is 1. The van der Waals surface area contributed by atoms with Crippen LogP contribution in [0.3, 0.4) is 0 Å². The minimum Gasteiger partial charge on any atom is -0.507 e. The summed E-state index contributed by atoms with van der Waals surface area (Å²) in [6.45, 7) is 1.73. The third-order valence-corrected chi connectivity index (χ3v) is 4.63. The minimum atomic E-state index is -0.780. The van der Waals surface area contributed by atoms with Crippen molar-refractivity contribution < 1.29 is 29.7 Å². The molecule has 0 aliphatic carbocycles. The first kappa shape index (κ1) is 18.3. The predicted octanol–water partition coefficient (Wildman–Crippen LogP) is 2.95.